The molecule has 1 aromatic carbocycles. The maximum atomic E-state index is 11.8. The van der Waals surface area contributed by atoms with Crippen LogP contribution >= 0.6 is 11.3 Å². The highest BCUT2D eigenvalue weighted by molar-refractivity contribution is 7.07. The van der Waals surface area contributed by atoms with E-state index in [1.165, 1.54) is 11.3 Å². The van der Waals surface area contributed by atoms with E-state index < -0.39 is 6.10 Å². The van der Waals surface area contributed by atoms with Gasteiger partial charge in [0.2, 0.25) is 0 Å². The zero-order valence-electron chi connectivity index (χ0n) is 12.4. The molecule has 6 heteroatoms. The number of ether oxygens (including phenoxy) is 1. The molecule has 0 bridgehead atoms. The van der Waals surface area contributed by atoms with Gasteiger partial charge in [0.15, 0.2) is 0 Å². The lowest BCUT2D eigenvalue weighted by atomic mass is 10.2. The van der Waals surface area contributed by atoms with E-state index in [9.17, 15) is 9.90 Å². The van der Waals surface area contributed by atoms with E-state index >= 15 is 0 Å². The third kappa shape index (κ3) is 5.14. The minimum absolute atomic E-state index is 0.168. The largest absolute Gasteiger partial charge is 0.387 e. The Morgan fingerprint density at radius 3 is 3.00 bits per heavy atom. The van der Waals surface area contributed by atoms with E-state index in [1.807, 2.05) is 48.0 Å². The highest BCUT2D eigenvalue weighted by atomic mass is 32.1. The van der Waals surface area contributed by atoms with E-state index in [1.54, 1.807) is 0 Å². The van der Waals surface area contributed by atoms with Gasteiger partial charge in [-0.15, -0.1) is 0 Å². The summed E-state index contributed by atoms with van der Waals surface area (Å²) in [5.74, 6) is 0. The summed E-state index contributed by atoms with van der Waals surface area (Å²) < 4.78 is 5.34. The number of rotatable bonds is 7. The zero-order chi connectivity index (χ0) is 15.8. The number of aliphatic hydroxyl groups is 1. The van der Waals surface area contributed by atoms with Gasteiger partial charge in [-0.3, -0.25) is 0 Å². The van der Waals surface area contributed by atoms with Gasteiger partial charge in [-0.1, -0.05) is 12.1 Å². The molecular formula is C16H20N2O3S. The van der Waals surface area contributed by atoms with Crippen LogP contribution in [0.1, 0.15) is 24.2 Å². The number of anilines is 1. The Labute approximate surface area is 133 Å². The normalized spacial score (nSPS) is 11.9. The second-order valence-corrected chi connectivity index (χ2v) is 5.53. The predicted molar refractivity (Wildman–Crippen MR) is 88.1 cm³/mol. The molecule has 1 atom stereocenters. The van der Waals surface area contributed by atoms with Crippen molar-refractivity contribution in [3.63, 3.8) is 0 Å². The molecule has 5 nitrogen and oxygen atoms in total. The van der Waals surface area contributed by atoms with Gasteiger partial charge in [0, 0.05) is 18.8 Å². The molecule has 0 saturated carbocycles. The summed E-state index contributed by atoms with van der Waals surface area (Å²) in [6, 6.07) is 8.98. The van der Waals surface area contributed by atoms with Crippen molar-refractivity contribution in [2.24, 2.45) is 0 Å². The lowest BCUT2D eigenvalue weighted by molar-refractivity contribution is 0.134. The van der Waals surface area contributed by atoms with Crippen molar-refractivity contribution in [3.8, 4) is 0 Å². The number of thiophene rings is 1. The first-order valence-electron chi connectivity index (χ1n) is 7.10. The maximum Gasteiger partial charge on any atom is 0.319 e. The van der Waals surface area contributed by atoms with Gasteiger partial charge in [-0.05, 0) is 47.0 Å². The van der Waals surface area contributed by atoms with Crippen molar-refractivity contribution in [3.05, 3.63) is 52.2 Å². The number of carbonyl (C=O) groups is 1. The third-order valence-electron chi connectivity index (χ3n) is 3.04. The first-order chi connectivity index (χ1) is 10.7. The summed E-state index contributed by atoms with van der Waals surface area (Å²) in [7, 11) is 0. The van der Waals surface area contributed by atoms with Crippen molar-refractivity contribution in [2.45, 2.75) is 19.6 Å². The van der Waals surface area contributed by atoms with E-state index in [2.05, 4.69) is 10.6 Å². The first-order valence-corrected chi connectivity index (χ1v) is 8.05. The molecule has 2 aromatic rings. The topological polar surface area (TPSA) is 70.6 Å². The molecule has 0 radical (unpaired) electrons. The van der Waals surface area contributed by atoms with Gasteiger partial charge in [0.1, 0.15) is 0 Å². The molecule has 0 fully saturated rings. The molecule has 1 aromatic heterocycles. The molecule has 3 N–H and O–H groups in total. The van der Waals surface area contributed by atoms with Crippen LogP contribution < -0.4 is 10.6 Å². The van der Waals surface area contributed by atoms with Crippen LogP contribution in [0.3, 0.4) is 0 Å². The molecule has 1 unspecified atom stereocenters. The lowest BCUT2D eigenvalue weighted by Gasteiger charge is -2.12. The van der Waals surface area contributed by atoms with Crippen LogP contribution in [-0.2, 0) is 11.3 Å². The smallest absolute Gasteiger partial charge is 0.319 e. The molecule has 2 amide bonds. The quantitative estimate of drug-likeness (QED) is 0.734. The fourth-order valence-corrected chi connectivity index (χ4v) is 2.61. The number of carbonyl (C=O) groups excluding carboxylic acids is 1. The molecule has 22 heavy (non-hydrogen) atoms. The van der Waals surface area contributed by atoms with Crippen LogP contribution in [0.15, 0.2) is 41.1 Å². The molecule has 0 aliphatic rings. The molecule has 2 rings (SSSR count). The Balaban J connectivity index is 1.81. The lowest BCUT2D eigenvalue weighted by Crippen LogP contribution is -2.32. The van der Waals surface area contributed by atoms with Crippen molar-refractivity contribution in [1.82, 2.24) is 5.32 Å². The first kappa shape index (κ1) is 16.5. The summed E-state index contributed by atoms with van der Waals surface area (Å²) in [5.41, 5.74) is 2.50. The van der Waals surface area contributed by atoms with Gasteiger partial charge in [-0.2, -0.15) is 11.3 Å². The maximum absolute atomic E-state index is 11.8. The number of amides is 2. The van der Waals surface area contributed by atoms with Crippen molar-refractivity contribution in [2.75, 3.05) is 18.5 Å². The fourth-order valence-electron chi connectivity index (χ4n) is 1.91. The van der Waals surface area contributed by atoms with E-state index in [0.717, 1.165) is 11.1 Å². The Bertz CT molecular complexity index is 587. The Hall–Kier alpha value is -1.89. The van der Waals surface area contributed by atoms with Crippen LogP contribution in [0.2, 0.25) is 0 Å². The van der Waals surface area contributed by atoms with Gasteiger partial charge in [0.05, 0.1) is 12.7 Å². The molecular weight excluding hydrogens is 300 g/mol. The number of hydrogen-bond donors (Lipinski definition) is 3. The third-order valence-corrected chi connectivity index (χ3v) is 3.74. The monoisotopic (exact) mass is 320 g/mol. The number of aliphatic hydroxyl groups excluding tert-OH is 1. The standard InChI is InChI=1S/C16H20N2O3S/c1-2-21-10-12-4-3-5-14(8-12)18-16(20)17-9-15(19)13-6-7-22-11-13/h3-8,11,15,19H,2,9-10H2,1H3,(H2,17,18,20). The molecule has 0 saturated heterocycles. The molecule has 0 aliphatic heterocycles. The van der Waals surface area contributed by atoms with Gasteiger partial charge >= 0.3 is 6.03 Å². The van der Waals surface area contributed by atoms with Crippen LogP contribution in [0, 0.1) is 0 Å². The molecule has 1 heterocycles. The SMILES string of the molecule is CCOCc1cccc(NC(=O)NCC(O)c2ccsc2)c1. The highest BCUT2D eigenvalue weighted by Gasteiger charge is 2.10. The van der Waals surface area contributed by atoms with Crippen molar-refractivity contribution in [1.29, 1.82) is 0 Å². The van der Waals surface area contributed by atoms with Crippen molar-refractivity contribution >= 4 is 23.1 Å². The molecule has 0 spiro atoms. The number of urea groups is 1. The van der Waals surface area contributed by atoms with Gasteiger partial charge in [-0.25, -0.2) is 4.79 Å². The highest BCUT2D eigenvalue weighted by Crippen LogP contribution is 2.15. The molecule has 118 valence electrons. The minimum Gasteiger partial charge on any atom is -0.387 e. The minimum atomic E-state index is -0.693. The summed E-state index contributed by atoms with van der Waals surface area (Å²) in [6.45, 7) is 3.28. The second-order valence-electron chi connectivity index (χ2n) is 4.75. The van der Waals surface area contributed by atoms with Gasteiger partial charge in [0.25, 0.3) is 0 Å². The molecule has 0 aliphatic carbocycles. The number of benzene rings is 1. The Kier molecular flexibility index (Phi) is 6.39. The van der Waals surface area contributed by atoms with Crippen LogP contribution in [0.4, 0.5) is 10.5 Å². The predicted octanol–water partition coefficient (Wildman–Crippen LogP) is 3.14. The number of nitrogens with one attached hydrogen (secondary N) is 2. The Morgan fingerprint density at radius 1 is 1.41 bits per heavy atom. The van der Waals surface area contributed by atoms with E-state index in [0.29, 0.717) is 18.9 Å². The van der Waals surface area contributed by atoms with Crippen LogP contribution in [-0.4, -0.2) is 24.3 Å². The van der Waals surface area contributed by atoms with Crippen LogP contribution in [0.25, 0.3) is 0 Å². The average Bonchev–Trinajstić information content (AvgIpc) is 3.05. The Morgan fingerprint density at radius 2 is 2.27 bits per heavy atom. The summed E-state index contributed by atoms with van der Waals surface area (Å²) in [4.78, 5) is 11.8. The van der Waals surface area contributed by atoms with E-state index in [4.69, 9.17) is 4.74 Å². The number of hydrogen-bond acceptors (Lipinski definition) is 4. The van der Waals surface area contributed by atoms with E-state index in [-0.39, 0.29) is 12.6 Å². The second kappa shape index (κ2) is 8.53. The summed E-state index contributed by atoms with van der Waals surface area (Å²) >= 11 is 1.51. The fraction of sp³-hybridized carbons (Fsp3) is 0.312. The van der Waals surface area contributed by atoms with Crippen molar-refractivity contribution < 1.29 is 14.6 Å². The van der Waals surface area contributed by atoms with Gasteiger partial charge < -0.3 is 20.5 Å². The average molecular weight is 320 g/mol. The summed E-state index contributed by atoms with van der Waals surface area (Å²) in [6.07, 6.45) is -0.693. The summed E-state index contributed by atoms with van der Waals surface area (Å²) in [5, 5.41) is 19.1. The zero-order valence-corrected chi connectivity index (χ0v) is 13.2. The van der Waals surface area contributed by atoms with Crippen LogP contribution in [0.5, 0.6) is 0 Å².